The van der Waals surface area contributed by atoms with Crippen molar-refractivity contribution in [3.63, 3.8) is 0 Å². The van der Waals surface area contributed by atoms with Crippen molar-refractivity contribution in [2.24, 2.45) is 5.92 Å². The van der Waals surface area contributed by atoms with Crippen LogP contribution in [0.4, 0.5) is 17.6 Å². The Kier molecular flexibility index (Phi) is 6.81. The highest BCUT2D eigenvalue weighted by molar-refractivity contribution is 5.96. The molecule has 0 heterocycles. The lowest BCUT2D eigenvalue weighted by atomic mass is 9.78. The minimum atomic E-state index is -4.72. The van der Waals surface area contributed by atoms with E-state index in [-0.39, 0.29) is 12.1 Å². The summed E-state index contributed by atoms with van der Waals surface area (Å²) in [5.74, 6) is -1.36. The molecule has 0 aliphatic heterocycles. The molecule has 1 fully saturated rings. The first-order valence-corrected chi connectivity index (χ1v) is 10.1. The Bertz CT molecular complexity index is 859. The average molecular weight is 422 g/mol. The lowest BCUT2D eigenvalue weighted by Gasteiger charge is -2.37. The van der Waals surface area contributed by atoms with Gasteiger partial charge in [-0.15, -0.1) is 0 Å². The highest BCUT2D eigenvalue weighted by atomic mass is 19.4. The van der Waals surface area contributed by atoms with E-state index < -0.39 is 29.0 Å². The number of hydrogen-bond acceptors (Lipinski definition) is 2. The first-order valence-electron chi connectivity index (χ1n) is 10.1. The molecule has 1 aliphatic carbocycles. The van der Waals surface area contributed by atoms with Gasteiger partial charge in [-0.25, -0.2) is 4.39 Å². The molecule has 0 aromatic heterocycles. The molecule has 0 saturated heterocycles. The summed E-state index contributed by atoms with van der Waals surface area (Å²) in [6, 6.07) is 12.2. The molecule has 1 amide bonds. The van der Waals surface area contributed by atoms with E-state index in [0.717, 1.165) is 18.9 Å². The predicted octanol–water partition coefficient (Wildman–Crippen LogP) is 5.44. The van der Waals surface area contributed by atoms with E-state index in [1.807, 2.05) is 32.3 Å². The van der Waals surface area contributed by atoms with Gasteiger partial charge < -0.3 is 10.2 Å². The Labute approximate surface area is 174 Å². The van der Waals surface area contributed by atoms with E-state index in [1.54, 1.807) is 0 Å². The van der Waals surface area contributed by atoms with Crippen LogP contribution in [0.25, 0.3) is 0 Å². The smallest absolute Gasteiger partial charge is 0.349 e. The molecule has 30 heavy (non-hydrogen) atoms. The van der Waals surface area contributed by atoms with Crippen LogP contribution >= 0.6 is 0 Å². The largest absolute Gasteiger partial charge is 0.417 e. The van der Waals surface area contributed by atoms with Crippen molar-refractivity contribution in [1.82, 2.24) is 10.2 Å². The van der Waals surface area contributed by atoms with Crippen LogP contribution in [0, 0.1) is 11.7 Å². The Morgan fingerprint density at radius 2 is 1.67 bits per heavy atom. The van der Waals surface area contributed by atoms with Gasteiger partial charge in [-0.3, -0.25) is 4.79 Å². The summed E-state index contributed by atoms with van der Waals surface area (Å²) in [5.41, 5.74) is -0.559. The number of carbonyl (C=O) groups is 1. The monoisotopic (exact) mass is 422 g/mol. The normalized spacial score (nSPS) is 20.8. The second kappa shape index (κ2) is 9.16. The van der Waals surface area contributed by atoms with E-state index in [9.17, 15) is 22.4 Å². The van der Waals surface area contributed by atoms with Crippen LogP contribution < -0.4 is 5.32 Å². The summed E-state index contributed by atoms with van der Waals surface area (Å²) < 4.78 is 53.1. The molecule has 0 radical (unpaired) electrons. The van der Waals surface area contributed by atoms with Crippen LogP contribution in [-0.4, -0.2) is 30.9 Å². The standard InChI is InChI=1S/C23H26F4N2O/c1-29(2)21(15-6-4-3-5-7-15)16-8-11-18(12-9-16)28-22(30)19-14-17(24)10-13-20(19)23(25,26)27/h3-7,10,13-14,16,18,21H,8-9,11-12H2,1-2H3,(H,28,30). The van der Waals surface area contributed by atoms with Crippen molar-refractivity contribution in [1.29, 1.82) is 0 Å². The van der Waals surface area contributed by atoms with Gasteiger partial charge in [-0.05, 0) is 69.5 Å². The Hall–Kier alpha value is -2.41. The summed E-state index contributed by atoms with van der Waals surface area (Å²) in [4.78, 5) is 14.7. The molecule has 3 rings (SSSR count). The summed E-state index contributed by atoms with van der Waals surface area (Å²) in [5, 5.41) is 2.68. The number of amides is 1. The quantitative estimate of drug-likeness (QED) is 0.651. The zero-order valence-electron chi connectivity index (χ0n) is 17.0. The SMILES string of the molecule is CN(C)C(c1ccccc1)C1CCC(NC(=O)c2cc(F)ccc2C(F)(F)F)CC1. The lowest BCUT2D eigenvalue weighted by Crippen LogP contribution is -2.40. The van der Waals surface area contributed by atoms with E-state index in [2.05, 4.69) is 22.3 Å². The molecular formula is C23H26F4N2O. The number of benzene rings is 2. The molecule has 2 aromatic carbocycles. The fraction of sp³-hybridized carbons (Fsp3) is 0.435. The minimum Gasteiger partial charge on any atom is -0.349 e. The van der Waals surface area contributed by atoms with Crippen molar-refractivity contribution in [3.8, 4) is 0 Å². The second-order valence-electron chi connectivity index (χ2n) is 8.09. The van der Waals surface area contributed by atoms with Gasteiger partial charge in [-0.1, -0.05) is 30.3 Å². The molecule has 162 valence electrons. The van der Waals surface area contributed by atoms with E-state index in [1.165, 1.54) is 5.56 Å². The van der Waals surface area contributed by atoms with Gasteiger partial charge in [0.15, 0.2) is 0 Å². The fourth-order valence-electron chi connectivity index (χ4n) is 4.44. The van der Waals surface area contributed by atoms with Crippen molar-refractivity contribution in [3.05, 3.63) is 71.0 Å². The van der Waals surface area contributed by atoms with E-state index in [4.69, 9.17) is 0 Å². The van der Waals surface area contributed by atoms with Crippen LogP contribution in [0.1, 0.15) is 53.2 Å². The highest BCUT2D eigenvalue weighted by Gasteiger charge is 2.36. The molecule has 1 aliphatic rings. The maximum Gasteiger partial charge on any atom is 0.417 e. The Balaban J connectivity index is 1.66. The van der Waals surface area contributed by atoms with Crippen LogP contribution in [0.2, 0.25) is 0 Å². The molecule has 0 spiro atoms. The lowest BCUT2D eigenvalue weighted by molar-refractivity contribution is -0.138. The van der Waals surface area contributed by atoms with Crippen LogP contribution in [0.5, 0.6) is 0 Å². The summed E-state index contributed by atoms with van der Waals surface area (Å²) in [6.45, 7) is 0. The van der Waals surface area contributed by atoms with Crippen molar-refractivity contribution >= 4 is 5.91 Å². The van der Waals surface area contributed by atoms with E-state index in [0.29, 0.717) is 30.9 Å². The fourth-order valence-corrected chi connectivity index (χ4v) is 4.44. The maximum atomic E-state index is 13.5. The third-order valence-corrected chi connectivity index (χ3v) is 5.78. The van der Waals surface area contributed by atoms with Crippen LogP contribution in [0.3, 0.4) is 0 Å². The molecule has 1 unspecified atom stereocenters. The van der Waals surface area contributed by atoms with Gasteiger partial charge in [-0.2, -0.15) is 13.2 Å². The first-order chi connectivity index (χ1) is 14.2. The van der Waals surface area contributed by atoms with Crippen molar-refractivity contribution < 1.29 is 22.4 Å². The number of hydrogen-bond donors (Lipinski definition) is 1. The van der Waals surface area contributed by atoms with Crippen LogP contribution in [-0.2, 0) is 6.18 Å². The number of rotatable bonds is 5. The number of nitrogens with zero attached hydrogens (tertiary/aromatic N) is 1. The molecule has 3 nitrogen and oxygen atoms in total. The molecule has 1 atom stereocenters. The predicted molar refractivity (Wildman–Crippen MR) is 107 cm³/mol. The zero-order valence-corrected chi connectivity index (χ0v) is 17.0. The topological polar surface area (TPSA) is 32.3 Å². The second-order valence-corrected chi connectivity index (χ2v) is 8.09. The van der Waals surface area contributed by atoms with Gasteiger partial charge in [0.25, 0.3) is 5.91 Å². The maximum absolute atomic E-state index is 13.5. The number of alkyl halides is 3. The minimum absolute atomic E-state index is 0.225. The third kappa shape index (κ3) is 5.19. The van der Waals surface area contributed by atoms with Gasteiger partial charge in [0.2, 0.25) is 0 Å². The Morgan fingerprint density at radius 1 is 1.03 bits per heavy atom. The molecular weight excluding hydrogens is 396 g/mol. The van der Waals surface area contributed by atoms with Gasteiger partial charge >= 0.3 is 6.18 Å². The Morgan fingerprint density at radius 3 is 2.23 bits per heavy atom. The molecule has 1 N–H and O–H groups in total. The summed E-state index contributed by atoms with van der Waals surface area (Å²) >= 11 is 0. The molecule has 0 bridgehead atoms. The van der Waals surface area contributed by atoms with Crippen molar-refractivity contribution in [2.75, 3.05) is 14.1 Å². The number of carbonyl (C=O) groups excluding carboxylic acids is 1. The summed E-state index contributed by atoms with van der Waals surface area (Å²) in [6.07, 6.45) is -1.68. The average Bonchev–Trinajstić information content (AvgIpc) is 2.69. The zero-order chi connectivity index (χ0) is 21.9. The van der Waals surface area contributed by atoms with Gasteiger partial charge in [0.05, 0.1) is 11.1 Å². The molecule has 7 heteroatoms. The van der Waals surface area contributed by atoms with Gasteiger partial charge in [0.1, 0.15) is 5.82 Å². The highest BCUT2D eigenvalue weighted by Crippen LogP contribution is 2.38. The third-order valence-electron chi connectivity index (χ3n) is 5.78. The number of halogens is 4. The number of nitrogens with one attached hydrogen (secondary N) is 1. The molecule has 2 aromatic rings. The first kappa shape index (κ1) is 22.3. The van der Waals surface area contributed by atoms with E-state index >= 15 is 0 Å². The van der Waals surface area contributed by atoms with Crippen LogP contribution in [0.15, 0.2) is 48.5 Å². The van der Waals surface area contributed by atoms with Gasteiger partial charge in [0, 0.05) is 12.1 Å². The van der Waals surface area contributed by atoms with Crippen molar-refractivity contribution in [2.45, 2.75) is 43.9 Å². The molecule has 1 saturated carbocycles. The summed E-state index contributed by atoms with van der Waals surface area (Å²) in [7, 11) is 4.07.